The van der Waals surface area contributed by atoms with Gasteiger partial charge in [-0.15, -0.1) is 0 Å². The van der Waals surface area contributed by atoms with E-state index in [9.17, 15) is 9.59 Å². The Morgan fingerprint density at radius 2 is 1.97 bits per heavy atom. The summed E-state index contributed by atoms with van der Waals surface area (Å²) in [6.07, 6.45) is 4.48. The topological polar surface area (TPSA) is 71.5 Å². The molecule has 1 saturated heterocycles. The number of hydrogen-bond acceptors (Lipinski definition) is 4. The molecule has 1 N–H and O–H groups in total. The van der Waals surface area contributed by atoms with E-state index in [0.717, 1.165) is 25.8 Å². The average Bonchev–Trinajstić information content (AvgIpc) is 2.82. The largest absolute Gasteiger partial charge is 0.488 e. The van der Waals surface area contributed by atoms with Crippen LogP contribution in [0.2, 0.25) is 0 Å². The van der Waals surface area contributed by atoms with Crippen LogP contribution in [-0.2, 0) is 11.2 Å². The number of nitrogens with one attached hydrogen (secondary N) is 1. The average molecular weight is 418 g/mol. The van der Waals surface area contributed by atoms with Gasteiger partial charge in [-0.25, -0.2) is 0 Å². The maximum Gasteiger partial charge on any atom is 0.269 e. The first-order valence-electron chi connectivity index (χ1n) is 10.7. The van der Waals surface area contributed by atoms with Gasteiger partial charge < -0.3 is 15.0 Å². The molecule has 2 aromatic carbocycles. The van der Waals surface area contributed by atoms with Crippen molar-refractivity contribution in [2.24, 2.45) is 0 Å². The number of nitrogens with zero attached hydrogens (tertiary/aromatic N) is 2. The summed E-state index contributed by atoms with van der Waals surface area (Å²) in [4.78, 5) is 30.6. The molecule has 0 saturated carbocycles. The van der Waals surface area contributed by atoms with Gasteiger partial charge in [0.1, 0.15) is 17.5 Å². The zero-order chi connectivity index (χ0) is 21.6. The van der Waals surface area contributed by atoms with E-state index in [2.05, 4.69) is 40.6 Å². The summed E-state index contributed by atoms with van der Waals surface area (Å²) in [6.45, 7) is 1.32. The number of fused-ring (bicyclic) bond motifs is 1. The standard InChI is InChI=1S/C25H27N3O3/c1-26-25(30)23-16-21(12-13-27-23)31-22-7-4-14-28(17-22)24(29)11-9-18-8-10-19-5-2-3-6-20(19)15-18/h2-3,5-6,8,10,12-13,15-16,22H,4,7,9,11,14,17H2,1H3,(H,26,30)/t22-/m1/s1. The molecular formula is C25H27N3O3. The van der Waals surface area contributed by atoms with Crippen LogP contribution < -0.4 is 10.1 Å². The Morgan fingerprint density at radius 3 is 2.81 bits per heavy atom. The number of benzene rings is 2. The fourth-order valence-corrected chi connectivity index (χ4v) is 3.99. The first kappa shape index (κ1) is 20.8. The Morgan fingerprint density at radius 1 is 1.13 bits per heavy atom. The van der Waals surface area contributed by atoms with Crippen LogP contribution in [0.25, 0.3) is 10.8 Å². The fourth-order valence-electron chi connectivity index (χ4n) is 3.99. The summed E-state index contributed by atoms with van der Waals surface area (Å²) in [6, 6.07) is 18.0. The van der Waals surface area contributed by atoms with Crippen molar-refractivity contribution in [1.29, 1.82) is 0 Å². The smallest absolute Gasteiger partial charge is 0.269 e. The second-order valence-corrected chi connectivity index (χ2v) is 7.86. The molecule has 3 aromatic rings. The monoisotopic (exact) mass is 417 g/mol. The molecule has 0 unspecified atom stereocenters. The molecule has 1 aromatic heterocycles. The van der Waals surface area contributed by atoms with E-state index < -0.39 is 0 Å². The lowest BCUT2D eigenvalue weighted by Gasteiger charge is -2.33. The number of rotatable bonds is 6. The van der Waals surface area contributed by atoms with Gasteiger partial charge in [-0.1, -0.05) is 42.5 Å². The van der Waals surface area contributed by atoms with E-state index in [1.807, 2.05) is 17.0 Å². The van der Waals surface area contributed by atoms with Crippen molar-refractivity contribution in [3.63, 3.8) is 0 Å². The quantitative estimate of drug-likeness (QED) is 0.665. The highest BCUT2D eigenvalue weighted by molar-refractivity contribution is 5.92. The van der Waals surface area contributed by atoms with Crippen LogP contribution in [0.4, 0.5) is 0 Å². The lowest BCUT2D eigenvalue weighted by molar-refractivity contribution is -0.133. The Bertz CT molecular complexity index is 1080. The number of amides is 2. The molecule has 2 amide bonds. The van der Waals surface area contributed by atoms with Gasteiger partial charge in [0.2, 0.25) is 5.91 Å². The summed E-state index contributed by atoms with van der Waals surface area (Å²) in [7, 11) is 1.57. The van der Waals surface area contributed by atoms with Crippen LogP contribution in [0, 0.1) is 0 Å². The number of carbonyl (C=O) groups excluding carboxylic acids is 2. The van der Waals surface area contributed by atoms with Crippen molar-refractivity contribution in [2.45, 2.75) is 31.8 Å². The summed E-state index contributed by atoms with van der Waals surface area (Å²) in [5, 5.41) is 4.98. The number of piperidine rings is 1. The summed E-state index contributed by atoms with van der Waals surface area (Å²) >= 11 is 0. The minimum Gasteiger partial charge on any atom is -0.488 e. The summed E-state index contributed by atoms with van der Waals surface area (Å²) in [5.74, 6) is 0.505. The van der Waals surface area contributed by atoms with Gasteiger partial charge in [0.05, 0.1) is 6.54 Å². The third-order valence-corrected chi connectivity index (χ3v) is 5.67. The van der Waals surface area contributed by atoms with E-state index in [1.165, 1.54) is 16.3 Å². The first-order chi connectivity index (χ1) is 15.1. The molecule has 6 heteroatoms. The highest BCUT2D eigenvalue weighted by Gasteiger charge is 2.25. The summed E-state index contributed by atoms with van der Waals surface area (Å²) < 4.78 is 6.07. The van der Waals surface area contributed by atoms with Gasteiger partial charge in [0, 0.05) is 32.3 Å². The van der Waals surface area contributed by atoms with Gasteiger partial charge in [-0.05, 0) is 41.7 Å². The molecule has 0 spiro atoms. The maximum absolute atomic E-state index is 12.8. The molecule has 2 heterocycles. The second kappa shape index (κ2) is 9.60. The van der Waals surface area contributed by atoms with Gasteiger partial charge in [-0.2, -0.15) is 0 Å². The zero-order valence-corrected chi connectivity index (χ0v) is 17.7. The number of aromatic nitrogens is 1. The second-order valence-electron chi connectivity index (χ2n) is 7.86. The fraction of sp³-hybridized carbons (Fsp3) is 0.320. The highest BCUT2D eigenvalue weighted by atomic mass is 16.5. The number of hydrogen-bond donors (Lipinski definition) is 1. The minimum absolute atomic E-state index is 0.0849. The van der Waals surface area contributed by atoms with Crippen LogP contribution in [0.3, 0.4) is 0 Å². The summed E-state index contributed by atoms with van der Waals surface area (Å²) in [5.41, 5.74) is 1.49. The van der Waals surface area contributed by atoms with Crippen molar-refractivity contribution < 1.29 is 14.3 Å². The Hall–Kier alpha value is -3.41. The van der Waals surface area contributed by atoms with Crippen LogP contribution in [0.5, 0.6) is 5.75 Å². The number of ether oxygens (including phenoxy) is 1. The van der Waals surface area contributed by atoms with Gasteiger partial charge >= 0.3 is 0 Å². The Labute approximate surface area is 182 Å². The van der Waals surface area contributed by atoms with Crippen molar-refractivity contribution in [3.8, 4) is 5.75 Å². The first-order valence-corrected chi connectivity index (χ1v) is 10.7. The molecule has 31 heavy (non-hydrogen) atoms. The predicted octanol–water partition coefficient (Wildman–Crippen LogP) is 3.60. The number of aryl methyl sites for hydroxylation is 1. The Kier molecular flexibility index (Phi) is 6.46. The van der Waals surface area contributed by atoms with Gasteiger partial charge in [0.15, 0.2) is 0 Å². The van der Waals surface area contributed by atoms with E-state index in [1.54, 1.807) is 25.4 Å². The SMILES string of the molecule is CNC(=O)c1cc(O[C@@H]2CCCN(C(=O)CCc3ccc4ccccc4c3)C2)ccn1. The van der Waals surface area contributed by atoms with Crippen LogP contribution in [0.1, 0.15) is 35.3 Å². The molecule has 6 nitrogen and oxygen atoms in total. The van der Waals surface area contributed by atoms with Crippen molar-refractivity contribution >= 4 is 22.6 Å². The molecule has 0 aliphatic carbocycles. The number of likely N-dealkylation sites (tertiary alicyclic amines) is 1. The minimum atomic E-state index is -0.250. The van der Waals surface area contributed by atoms with Crippen LogP contribution in [0.15, 0.2) is 60.8 Å². The Balaban J connectivity index is 1.33. The lowest BCUT2D eigenvalue weighted by atomic mass is 10.0. The highest BCUT2D eigenvalue weighted by Crippen LogP contribution is 2.21. The molecule has 160 valence electrons. The molecule has 0 bridgehead atoms. The number of pyridine rings is 1. The molecule has 1 aliphatic heterocycles. The molecule has 0 radical (unpaired) electrons. The third kappa shape index (κ3) is 5.20. The van der Waals surface area contributed by atoms with E-state index in [0.29, 0.717) is 24.4 Å². The van der Waals surface area contributed by atoms with Crippen molar-refractivity contribution in [2.75, 3.05) is 20.1 Å². The van der Waals surface area contributed by atoms with Crippen molar-refractivity contribution in [3.05, 3.63) is 72.1 Å². The van der Waals surface area contributed by atoms with E-state index in [4.69, 9.17) is 4.74 Å². The van der Waals surface area contributed by atoms with E-state index >= 15 is 0 Å². The normalized spacial score (nSPS) is 16.2. The van der Waals surface area contributed by atoms with E-state index in [-0.39, 0.29) is 17.9 Å². The number of carbonyl (C=O) groups is 2. The molecule has 1 aliphatic rings. The van der Waals surface area contributed by atoms with Gasteiger partial charge in [0.25, 0.3) is 5.91 Å². The molecule has 1 fully saturated rings. The molecule has 1 atom stereocenters. The molecule has 4 rings (SSSR count). The van der Waals surface area contributed by atoms with Crippen LogP contribution >= 0.6 is 0 Å². The lowest BCUT2D eigenvalue weighted by Crippen LogP contribution is -2.44. The third-order valence-electron chi connectivity index (χ3n) is 5.67. The molecular weight excluding hydrogens is 390 g/mol. The zero-order valence-electron chi connectivity index (χ0n) is 17.7. The van der Waals surface area contributed by atoms with Crippen molar-refractivity contribution in [1.82, 2.24) is 15.2 Å². The van der Waals surface area contributed by atoms with Gasteiger partial charge in [-0.3, -0.25) is 14.6 Å². The predicted molar refractivity (Wildman–Crippen MR) is 120 cm³/mol. The maximum atomic E-state index is 12.8. The van der Waals surface area contributed by atoms with Crippen LogP contribution in [-0.4, -0.2) is 47.9 Å².